The Hall–Kier alpha value is -1.81. The van der Waals surface area contributed by atoms with Gasteiger partial charge in [0.25, 0.3) is 0 Å². The van der Waals surface area contributed by atoms with Crippen LogP contribution in [0, 0.1) is 6.92 Å². The maximum atomic E-state index is 10.0. The van der Waals surface area contributed by atoms with Crippen molar-refractivity contribution in [1.29, 1.82) is 0 Å². The van der Waals surface area contributed by atoms with E-state index in [2.05, 4.69) is 15.0 Å². The lowest BCUT2D eigenvalue weighted by atomic mass is 10.1. The molecule has 1 aliphatic rings. The summed E-state index contributed by atoms with van der Waals surface area (Å²) in [6.07, 6.45) is -2.74. The number of fused-ring (bicyclic) bond motifs is 1. The van der Waals surface area contributed by atoms with Gasteiger partial charge in [0.1, 0.15) is 36.0 Å². The third-order valence-corrected chi connectivity index (χ3v) is 3.36. The Morgan fingerprint density at radius 2 is 2.10 bits per heavy atom. The van der Waals surface area contributed by atoms with Crippen molar-refractivity contribution >= 4 is 17.0 Å². The zero-order valence-corrected chi connectivity index (χ0v) is 10.7. The van der Waals surface area contributed by atoms with Crippen LogP contribution in [0.4, 0.5) is 5.82 Å². The van der Waals surface area contributed by atoms with Gasteiger partial charge in [-0.3, -0.25) is 4.57 Å². The molecule has 0 aliphatic carbocycles. The number of anilines is 1. The summed E-state index contributed by atoms with van der Waals surface area (Å²) in [5, 5.41) is 28.9. The summed E-state index contributed by atoms with van der Waals surface area (Å²) in [6.45, 7) is 1.30. The Morgan fingerprint density at radius 3 is 2.75 bits per heavy atom. The summed E-state index contributed by atoms with van der Waals surface area (Å²) < 4.78 is 6.90. The van der Waals surface area contributed by atoms with Gasteiger partial charge in [0.05, 0.1) is 6.61 Å². The molecule has 2 aromatic rings. The number of hydrogen-bond donors (Lipinski definition) is 4. The zero-order valence-electron chi connectivity index (χ0n) is 10.7. The molecule has 1 fully saturated rings. The minimum Gasteiger partial charge on any atom is -0.394 e. The van der Waals surface area contributed by atoms with Gasteiger partial charge in [-0.25, -0.2) is 15.0 Å². The molecule has 20 heavy (non-hydrogen) atoms. The minimum absolute atomic E-state index is 0.211. The number of nitrogens with two attached hydrogens (primary N) is 1. The first-order chi connectivity index (χ1) is 9.52. The van der Waals surface area contributed by atoms with Gasteiger partial charge in [-0.1, -0.05) is 0 Å². The van der Waals surface area contributed by atoms with Gasteiger partial charge >= 0.3 is 0 Å². The number of hydrogen-bond acceptors (Lipinski definition) is 8. The molecule has 1 aliphatic heterocycles. The van der Waals surface area contributed by atoms with E-state index in [4.69, 9.17) is 15.6 Å². The van der Waals surface area contributed by atoms with Crippen LogP contribution in [0.1, 0.15) is 12.1 Å². The highest BCUT2D eigenvalue weighted by atomic mass is 16.6. The van der Waals surface area contributed by atoms with Gasteiger partial charge in [0.2, 0.25) is 0 Å². The van der Waals surface area contributed by atoms with Crippen molar-refractivity contribution in [2.24, 2.45) is 0 Å². The second kappa shape index (κ2) is 4.63. The molecular weight excluding hydrogens is 266 g/mol. The average Bonchev–Trinajstić information content (AvgIpc) is 2.93. The van der Waals surface area contributed by atoms with Gasteiger partial charge in [-0.05, 0) is 6.92 Å². The molecule has 4 atom stereocenters. The Kier molecular flexibility index (Phi) is 3.05. The third-order valence-electron chi connectivity index (χ3n) is 3.36. The Bertz CT molecular complexity index is 645. The number of aliphatic hydroxyl groups excluding tert-OH is 3. The van der Waals surface area contributed by atoms with Crippen LogP contribution in [0.25, 0.3) is 11.2 Å². The molecule has 108 valence electrons. The van der Waals surface area contributed by atoms with Crippen molar-refractivity contribution < 1.29 is 20.1 Å². The van der Waals surface area contributed by atoms with Crippen molar-refractivity contribution in [3.8, 4) is 0 Å². The van der Waals surface area contributed by atoms with Crippen LogP contribution in [-0.4, -0.2) is 59.8 Å². The number of aliphatic hydroxyl groups is 3. The quantitative estimate of drug-likeness (QED) is 0.512. The van der Waals surface area contributed by atoms with Crippen molar-refractivity contribution in [3.05, 3.63) is 12.2 Å². The van der Waals surface area contributed by atoms with E-state index in [1.807, 2.05) is 0 Å². The summed E-state index contributed by atoms with van der Waals surface area (Å²) in [6, 6.07) is 0. The lowest BCUT2D eigenvalue weighted by Crippen LogP contribution is -2.33. The van der Waals surface area contributed by atoms with Crippen LogP contribution < -0.4 is 5.73 Å². The number of nitrogens with zero attached hydrogens (tertiary/aromatic N) is 4. The standard InChI is InChI=1S/C11H15N5O4/c1-4-14-9(12)6-10(15-4)13-3-16(6)11-8(19)7(18)5(2-17)20-11/h3,5,7-8,11,17-19H,2H2,1H3,(H2,12,14,15)/t5-,7+,8+,11+/m0/s1. The molecule has 3 heterocycles. The molecule has 1 saturated heterocycles. The normalized spacial score (nSPS) is 30.2. The molecule has 9 heteroatoms. The van der Waals surface area contributed by atoms with E-state index in [9.17, 15) is 10.2 Å². The average molecular weight is 281 g/mol. The Labute approximate surface area is 113 Å². The molecule has 3 rings (SSSR count). The highest BCUT2D eigenvalue weighted by molar-refractivity contribution is 5.81. The smallest absolute Gasteiger partial charge is 0.183 e. The predicted octanol–water partition coefficient (Wildman–Crippen LogP) is -1.67. The fourth-order valence-corrected chi connectivity index (χ4v) is 2.39. The molecule has 0 amide bonds. The SMILES string of the molecule is Cc1nc(N)c2c(ncn2[C@@H]2O[C@@H](CO)[C@@H](O)[C@H]2O)n1. The molecule has 9 nitrogen and oxygen atoms in total. The minimum atomic E-state index is -1.20. The van der Waals surface area contributed by atoms with Gasteiger partial charge in [0.15, 0.2) is 17.7 Å². The molecule has 0 radical (unpaired) electrons. The van der Waals surface area contributed by atoms with E-state index >= 15 is 0 Å². The third kappa shape index (κ3) is 1.83. The summed E-state index contributed by atoms with van der Waals surface area (Å²) in [4.78, 5) is 12.3. The fraction of sp³-hybridized carbons (Fsp3) is 0.545. The van der Waals surface area contributed by atoms with Crippen LogP contribution >= 0.6 is 0 Å². The zero-order chi connectivity index (χ0) is 14.4. The highest BCUT2D eigenvalue weighted by Gasteiger charge is 2.44. The van der Waals surface area contributed by atoms with Crippen LogP contribution in [0.15, 0.2) is 6.33 Å². The van der Waals surface area contributed by atoms with E-state index in [0.717, 1.165) is 0 Å². The van der Waals surface area contributed by atoms with Gasteiger partial charge in [-0.2, -0.15) is 0 Å². The largest absolute Gasteiger partial charge is 0.394 e. The van der Waals surface area contributed by atoms with E-state index in [-0.39, 0.29) is 5.82 Å². The van der Waals surface area contributed by atoms with Crippen molar-refractivity contribution in [1.82, 2.24) is 19.5 Å². The maximum absolute atomic E-state index is 10.0. The number of aryl methyl sites for hydroxylation is 1. The summed E-state index contributed by atoms with van der Waals surface area (Å²) in [5.74, 6) is 0.698. The van der Waals surface area contributed by atoms with Crippen molar-refractivity contribution in [2.45, 2.75) is 31.5 Å². The number of rotatable bonds is 2. The maximum Gasteiger partial charge on any atom is 0.183 e. The summed E-state index contributed by atoms with van der Waals surface area (Å²) in [5.41, 5.74) is 6.66. The molecule has 0 saturated carbocycles. The molecule has 0 bridgehead atoms. The second-order valence-corrected chi connectivity index (χ2v) is 4.71. The van der Waals surface area contributed by atoms with Gasteiger partial charge < -0.3 is 25.8 Å². The van der Waals surface area contributed by atoms with Gasteiger partial charge in [-0.15, -0.1) is 0 Å². The molecular formula is C11H15N5O4. The van der Waals surface area contributed by atoms with E-state index in [1.54, 1.807) is 6.92 Å². The first kappa shape index (κ1) is 13.2. The predicted molar refractivity (Wildman–Crippen MR) is 67.5 cm³/mol. The monoisotopic (exact) mass is 281 g/mol. The van der Waals surface area contributed by atoms with E-state index in [0.29, 0.717) is 17.0 Å². The van der Waals surface area contributed by atoms with Crippen LogP contribution in [0.5, 0.6) is 0 Å². The Morgan fingerprint density at radius 1 is 1.35 bits per heavy atom. The highest BCUT2D eigenvalue weighted by Crippen LogP contribution is 2.32. The van der Waals surface area contributed by atoms with Crippen LogP contribution in [0.3, 0.4) is 0 Å². The van der Waals surface area contributed by atoms with E-state index in [1.165, 1.54) is 10.9 Å². The number of aromatic nitrogens is 4. The van der Waals surface area contributed by atoms with Crippen LogP contribution in [-0.2, 0) is 4.74 Å². The first-order valence-electron chi connectivity index (χ1n) is 6.12. The fourth-order valence-electron chi connectivity index (χ4n) is 2.39. The van der Waals surface area contributed by atoms with Crippen LogP contribution in [0.2, 0.25) is 0 Å². The van der Waals surface area contributed by atoms with E-state index < -0.39 is 31.1 Å². The lowest BCUT2D eigenvalue weighted by molar-refractivity contribution is -0.0508. The number of nitrogen functional groups attached to an aromatic ring is 1. The molecule has 5 N–H and O–H groups in total. The molecule has 0 unspecified atom stereocenters. The summed E-state index contributed by atoms with van der Waals surface area (Å²) in [7, 11) is 0. The number of imidazole rings is 1. The van der Waals surface area contributed by atoms with Crippen molar-refractivity contribution in [2.75, 3.05) is 12.3 Å². The molecule has 0 aromatic carbocycles. The lowest BCUT2D eigenvalue weighted by Gasteiger charge is -2.17. The molecule has 0 spiro atoms. The second-order valence-electron chi connectivity index (χ2n) is 4.71. The first-order valence-corrected chi connectivity index (χ1v) is 6.12. The Balaban J connectivity index is 2.07. The van der Waals surface area contributed by atoms with Crippen molar-refractivity contribution in [3.63, 3.8) is 0 Å². The summed E-state index contributed by atoms with van der Waals surface area (Å²) >= 11 is 0. The van der Waals surface area contributed by atoms with Gasteiger partial charge in [0, 0.05) is 0 Å². The molecule has 2 aromatic heterocycles. The topological polar surface area (TPSA) is 140 Å². The number of ether oxygens (including phenoxy) is 1.